The van der Waals surface area contributed by atoms with Crippen molar-refractivity contribution >= 4 is 23.2 Å². The Hall–Kier alpha value is -2.11. The van der Waals surface area contributed by atoms with Gasteiger partial charge in [-0.15, -0.1) is 0 Å². The van der Waals surface area contributed by atoms with Gasteiger partial charge in [0.15, 0.2) is 0 Å². The number of aliphatic hydroxyl groups is 1. The minimum absolute atomic E-state index is 0.0396. The Morgan fingerprint density at radius 2 is 2.00 bits per heavy atom. The molecule has 0 fully saturated rings. The predicted molar refractivity (Wildman–Crippen MR) is 76.2 cm³/mol. The quantitative estimate of drug-likeness (QED) is 0.830. The summed E-state index contributed by atoms with van der Waals surface area (Å²) in [7, 11) is 0. The van der Waals surface area contributed by atoms with Gasteiger partial charge in [-0.25, -0.2) is 4.98 Å². The van der Waals surface area contributed by atoms with Gasteiger partial charge in [0.1, 0.15) is 17.5 Å². The summed E-state index contributed by atoms with van der Waals surface area (Å²) in [6.07, 6.45) is 1.41. The van der Waals surface area contributed by atoms with E-state index in [1.807, 2.05) is 0 Å². The second-order valence-electron chi connectivity index (χ2n) is 3.92. The summed E-state index contributed by atoms with van der Waals surface area (Å²) in [6.45, 7) is 0.199. The largest absolute Gasteiger partial charge is 0.491 e. The maximum atomic E-state index is 11.9. The molecule has 1 amide bonds. The number of hydrogen-bond donors (Lipinski definition) is 2. The Kier molecular flexibility index (Phi) is 4.92. The van der Waals surface area contributed by atoms with Crippen molar-refractivity contribution in [3.05, 3.63) is 53.3 Å². The van der Waals surface area contributed by atoms with Gasteiger partial charge in [-0.1, -0.05) is 11.6 Å². The number of rotatable bonds is 5. The number of hydrogen-bond acceptors (Lipinski definition) is 4. The van der Waals surface area contributed by atoms with E-state index in [-0.39, 0.29) is 19.1 Å². The van der Waals surface area contributed by atoms with E-state index >= 15 is 0 Å². The first-order valence-electron chi connectivity index (χ1n) is 5.95. The standard InChI is InChI=1S/C14H13ClN2O3/c15-13-6-1-10(9-16-13)14(19)17-11-2-4-12(5-3-11)20-8-7-18/h1-6,9,18H,7-8H2,(H,17,19). The van der Waals surface area contributed by atoms with Gasteiger partial charge in [-0.05, 0) is 36.4 Å². The van der Waals surface area contributed by atoms with E-state index in [0.717, 1.165) is 0 Å². The number of nitrogens with zero attached hydrogens (tertiary/aromatic N) is 1. The Morgan fingerprint density at radius 3 is 2.60 bits per heavy atom. The summed E-state index contributed by atoms with van der Waals surface area (Å²) in [5.41, 5.74) is 1.07. The molecule has 0 atom stereocenters. The van der Waals surface area contributed by atoms with E-state index in [9.17, 15) is 4.79 Å². The highest BCUT2D eigenvalue weighted by molar-refractivity contribution is 6.29. The summed E-state index contributed by atoms with van der Waals surface area (Å²) in [5.74, 6) is 0.364. The maximum Gasteiger partial charge on any atom is 0.257 e. The molecule has 5 nitrogen and oxygen atoms in total. The number of halogens is 1. The molecule has 1 aromatic carbocycles. The Bertz CT molecular complexity index is 570. The third kappa shape index (κ3) is 3.94. The molecule has 2 rings (SSSR count). The van der Waals surface area contributed by atoms with Crippen molar-refractivity contribution in [3.63, 3.8) is 0 Å². The van der Waals surface area contributed by atoms with Crippen molar-refractivity contribution in [2.45, 2.75) is 0 Å². The van der Waals surface area contributed by atoms with Crippen LogP contribution in [0.1, 0.15) is 10.4 Å². The lowest BCUT2D eigenvalue weighted by Gasteiger charge is -2.07. The van der Waals surface area contributed by atoms with Gasteiger partial charge in [-0.3, -0.25) is 4.79 Å². The average Bonchev–Trinajstić information content (AvgIpc) is 2.47. The molecule has 0 aliphatic carbocycles. The van der Waals surface area contributed by atoms with Gasteiger partial charge in [0.25, 0.3) is 5.91 Å². The highest BCUT2D eigenvalue weighted by Gasteiger charge is 2.06. The fourth-order valence-electron chi connectivity index (χ4n) is 1.51. The molecule has 0 aliphatic rings. The summed E-state index contributed by atoms with van der Waals surface area (Å²) in [6, 6.07) is 10.0. The molecule has 20 heavy (non-hydrogen) atoms. The van der Waals surface area contributed by atoms with Crippen LogP contribution in [0.15, 0.2) is 42.6 Å². The number of nitrogens with one attached hydrogen (secondary N) is 1. The van der Waals surface area contributed by atoms with Gasteiger partial charge in [-0.2, -0.15) is 0 Å². The number of pyridine rings is 1. The molecule has 1 aromatic heterocycles. The van der Waals surface area contributed by atoms with Gasteiger partial charge in [0.05, 0.1) is 12.2 Å². The zero-order chi connectivity index (χ0) is 14.4. The lowest BCUT2D eigenvalue weighted by atomic mass is 10.2. The van der Waals surface area contributed by atoms with Gasteiger partial charge in [0, 0.05) is 11.9 Å². The highest BCUT2D eigenvalue weighted by Crippen LogP contribution is 2.16. The zero-order valence-corrected chi connectivity index (χ0v) is 11.3. The summed E-state index contributed by atoms with van der Waals surface area (Å²) >= 11 is 5.66. The van der Waals surface area contributed by atoms with Crippen molar-refractivity contribution in [2.75, 3.05) is 18.5 Å². The number of ether oxygens (including phenoxy) is 1. The molecule has 0 radical (unpaired) electrons. The molecular weight excluding hydrogens is 280 g/mol. The minimum atomic E-state index is -0.266. The van der Waals surface area contributed by atoms with Crippen LogP contribution in [0.5, 0.6) is 5.75 Å². The lowest BCUT2D eigenvalue weighted by Crippen LogP contribution is -2.12. The fraction of sp³-hybridized carbons (Fsp3) is 0.143. The Morgan fingerprint density at radius 1 is 1.25 bits per heavy atom. The van der Waals surface area contributed by atoms with Crippen LogP contribution in [-0.2, 0) is 0 Å². The molecule has 6 heteroatoms. The zero-order valence-electron chi connectivity index (χ0n) is 10.5. The molecule has 0 saturated heterocycles. The first kappa shape index (κ1) is 14.3. The molecule has 0 spiro atoms. The molecule has 2 aromatic rings. The topological polar surface area (TPSA) is 71.5 Å². The van der Waals surface area contributed by atoms with E-state index in [2.05, 4.69) is 10.3 Å². The molecule has 0 aliphatic heterocycles. The van der Waals surface area contributed by atoms with Crippen LogP contribution < -0.4 is 10.1 Å². The fourth-order valence-corrected chi connectivity index (χ4v) is 1.62. The smallest absolute Gasteiger partial charge is 0.257 e. The van der Waals surface area contributed by atoms with E-state index in [1.54, 1.807) is 36.4 Å². The molecule has 0 unspecified atom stereocenters. The summed E-state index contributed by atoms with van der Waals surface area (Å²) < 4.78 is 5.23. The Balaban J connectivity index is 1.99. The van der Waals surface area contributed by atoms with E-state index < -0.39 is 0 Å². The van der Waals surface area contributed by atoms with Gasteiger partial charge in [0.2, 0.25) is 0 Å². The predicted octanol–water partition coefficient (Wildman–Crippen LogP) is 2.36. The van der Waals surface area contributed by atoms with Crippen molar-refractivity contribution in [2.24, 2.45) is 0 Å². The SMILES string of the molecule is O=C(Nc1ccc(OCCO)cc1)c1ccc(Cl)nc1. The number of aromatic nitrogens is 1. The van der Waals surface area contributed by atoms with E-state index in [4.69, 9.17) is 21.4 Å². The third-order valence-electron chi connectivity index (χ3n) is 2.46. The number of carbonyl (C=O) groups excluding carboxylic acids is 1. The summed E-state index contributed by atoms with van der Waals surface area (Å²) in [4.78, 5) is 15.8. The number of amides is 1. The van der Waals surface area contributed by atoms with Crippen LogP contribution in [0.4, 0.5) is 5.69 Å². The van der Waals surface area contributed by atoms with Crippen LogP contribution in [0, 0.1) is 0 Å². The van der Waals surface area contributed by atoms with Crippen LogP contribution in [-0.4, -0.2) is 29.2 Å². The Labute approximate surface area is 121 Å². The number of aliphatic hydroxyl groups excluding tert-OH is 1. The molecule has 0 bridgehead atoms. The molecule has 104 valence electrons. The second kappa shape index (κ2) is 6.88. The minimum Gasteiger partial charge on any atom is -0.491 e. The van der Waals surface area contributed by atoms with Crippen LogP contribution in [0.25, 0.3) is 0 Å². The van der Waals surface area contributed by atoms with E-state index in [0.29, 0.717) is 22.2 Å². The number of carbonyl (C=O) groups is 1. The van der Waals surface area contributed by atoms with Crippen molar-refractivity contribution in [1.82, 2.24) is 4.98 Å². The molecule has 2 N–H and O–H groups in total. The van der Waals surface area contributed by atoms with Crippen LogP contribution in [0.2, 0.25) is 5.15 Å². The first-order valence-corrected chi connectivity index (χ1v) is 6.33. The second-order valence-corrected chi connectivity index (χ2v) is 4.31. The molecular formula is C14H13ClN2O3. The van der Waals surface area contributed by atoms with Crippen LogP contribution >= 0.6 is 11.6 Å². The first-order chi connectivity index (χ1) is 9.69. The summed E-state index contributed by atoms with van der Waals surface area (Å²) in [5, 5.41) is 11.7. The van der Waals surface area contributed by atoms with Crippen molar-refractivity contribution < 1.29 is 14.6 Å². The molecule has 1 heterocycles. The highest BCUT2D eigenvalue weighted by atomic mass is 35.5. The van der Waals surface area contributed by atoms with Crippen molar-refractivity contribution in [3.8, 4) is 5.75 Å². The monoisotopic (exact) mass is 292 g/mol. The van der Waals surface area contributed by atoms with Gasteiger partial charge >= 0.3 is 0 Å². The van der Waals surface area contributed by atoms with Crippen molar-refractivity contribution in [1.29, 1.82) is 0 Å². The molecule has 0 saturated carbocycles. The lowest BCUT2D eigenvalue weighted by molar-refractivity contribution is 0.102. The normalized spacial score (nSPS) is 10.1. The van der Waals surface area contributed by atoms with E-state index in [1.165, 1.54) is 6.20 Å². The maximum absolute atomic E-state index is 11.9. The number of anilines is 1. The van der Waals surface area contributed by atoms with Gasteiger partial charge < -0.3 is 15.2 Å². The number of benzene rings is 1. The van der Waals surface area contributed by atoms with Crippen LogP contribution in [0.3, 0.4) is 0 Å². The third-order valence-corrected chi connectivity index (χ3v) is 2.69. The average molecular weight is 293 g/mol.